The molecule has 0 spiro atoms. The summed E-state index contributed by atoms with van der Waals surface area (Å²) in [5.41, 5.74) is 23.1. The Morgan fingerprint density at radius 2 is 2.09 bits per heavy atom. The smallest absolute Gasteiger partial charge is 0.189 e. The Balaban J connectivity index is 2.41. The third-order valence-corrected chi connectivity index (χ3v) is 5.32. The fraction of sp³-hybridized carbons (Fsp3) is 0.292. The Kier molecular flexibility index (Phi) is 7.32. The molecule has 3 rings (SSSR count). The summed E-state index contributed by atoms with van der Waals surface area (Å²) in [6, 6.07) is 6.12. The van der Waals surface area contributed by atoms with Gasteiger partial charge in [-0.25, -0.2) is 9.37 Å². The van der Waals surface area contributed by atoms with Crippen molar-refractivity contribution in [2.24, 2.45) is 21.5 Å². The molecule has 0 fully saturated rings. The summed E-state index contributed by atoms with van der Waals surface area (Å²) >= 11 is 0. The van der Waals surface area contributed by atoms with Crippen molar-refractivity contribution < 1.29 is 13.9 Å². The molecule has 33 heavy (non-hydrogen) atoms. The number of aromatic nitrogens is 1. The quantitative estimate of drug-likeness (QED) is 0.483. The molecule has 0 saturated carbocycles. The van der Waals surface area contributed by atoms with Crippen LogP contribution >= 0.6 is 0 Å². The van der Waals surface area contributed by atoms with Gasteiger partial charge in [0.25, 0.3) is 0 Å². The van der Waals surface area contributed by atoms with E-state index >= 15 is 0 Å². The average Bonchev–Trinajstić information content (AvgIpc) is 2.80. The molecule has 0 saturated heterocycles. The van der Waals surface area contributed by atoms with Crippen LogP contribution in [-0.2, 0) is 4.74 Å². The summed E-state index contributed by atoms with van der Waals surface area (Å²) in [4.78, 5) is 13.1. The monoisotopic (exact) mass is 452 g/mol. The first-order valence-corrected chi connectivity index (χ1v) is 10.5. The summed E-state index contributed by atoms with van der Waals surface area (Å²) in [6.45, 7) is 4.20. The number of pyridine rings is 1. The van der Waals surface area contributed by atoms with Gasteiger partial charge in [0.15, 0.2) is 17.5 Å². The molecule has 2 aromatic rings. The van der Waals surface area contributed by atoms with Gasteiger partial charge in [-0.05, 0) is 43.7 Å². The molecule has 1 atom stereocenters. The maximum absolute atomic E-state index is 14.2. The second-order valence-corrected chi connectivity index (χ2v) is 7.47. The van der Waals surface area contributed by atoms with Crippen LogP contribution in [0.25, 0.3) is 5.70 Å². The molecule has 9 heteroatoms. The van der Waals surface area contributed by atoms with Crippen LogP contribution < -0.4 is 21.9 Å². The van der Waals surface area contributed by atoms with Crippen LogP contribution in [0.1, 0.15) is 43.1 Å². The van der Waals surface area contributed by atoms with E-state index in [9.17, 15) is 4.39 Å². The Morgan fingerprint density at radius 3 is 2.76 bits per heavy atom. The van der Waals surface area contributed by atoms with Crippen LogP contribution in [0.5, 0.6) is 5.75 Å². The van der Waals surface area contributed by atoms with Crippen molar-refractivity contribution in [2.45, 2.75) is 26.4 Å². The number of hydrogen-bond acceptors (Lipinski definition) is 8. The fourth-order valence-corrected chi connectivity index (χ4v) is 3.71. The molecule has 1 aliphatic rings. The van der Waals surface area contributed by atoms with Gasteiger partial charge in [0.2, 0.25) is 0 Å². The number of nitrogens with two attached hydrogens (primary N) is 3. The van der Waals surface area contributed by atoms with Crippen molar-refractivity contribution in [3.63, 3.8) is 0 Å². The first kappa shape index (κ1) is 23.8. The number of methoxy groups -OCH3 is 1. The lowest BCUT2D eigenvalue weighted by Gasteiger charge is -2.23. The molecule has 2 bridgehead atoms. The lowest BCUT2D eigenvalue weighted by molar-refractivity contribution is 0.226. The molecule has 1 aromatic carbocycles. The van der Waals surface area contributed by atoms with Gasteiger partial charge in [-0.15, -0.1) is 0 Å². The van der Waals surface area contributed by atoms with E-state index < -0.39 is 11.9 Å². The Labute approximate surface area is 192 Å². The van der Waals surface area contributed by atoms with E-state index in [-0.39, 0.29) is 18.1 Å². The number of hydrogen-bond donors (Lipinski definition) is 3. The number of nitrogen functional groups attached to an aromatic ring is 1. The van der Waals surface area contributed by atoms with E-state index in [1.807, 2.05) is 6.92 Å². The number of halogens is 1. The van der Waals surface area contributed by atoms with Crippen molar-refractivity contribution in [3.8, 4) is 5.75 Å². The zero-order chi connectivity index (χ0) is 24.1. The number of ether oxygens (including phenoxy) is 2. The number of nitrogens with zero attached hydrogens (tertiary/aromatic N) is 3. The standard InChI is InChI=1S/C24H29FN6O2/c1-5-30-22-15-9-20(23(27)31-12-15)33-13(2)18-10-16(25)6-7-17(18)21(26)14(11-29-3)8-19(22)24(28)32-4/h6-7,9-13H,5,8,26,28H2,1-4H3,(H2,27,31)/t13-/m1/s1. The molecule has 0 radical (unpaired) electrons. The Morgan fingerprint density at radius 1 is 1.33 bits per heavy atom. The first-order chi connectivity index (χ1) is 15.8. The summed E-state index contributed by atoms with van der Waals surface area (Å²) in [7, 11) is 3.13. The van der Waals surface area contributed by atoms with E-state index in [0.29, 0.717) is 51.5 Å². The Hall–Kier alpha value is -3.88. The van der Waals surface area contributed by atoms with E-state index in [1.54, 1.807) is 38.5 Å². The molecule has 8 nitrogen and oxygen atoms in total. The molecular weight excluding hydrogens is 423 g/mol. The summed E-state index contributed by atoms with van der Waals surface area (Å²) in [5.74, 6) is 0.314. The topological polar surface area (TPSA) is 134 Å². The summed E-state index contributed by atoms with van der Waals surface area (Å²) < 4.78 is 25.7. The minimum absolute atomic E-state index is 0.182. The van der Waals surface area contributed by atoms with E-state index in [0.717, 1.165) is 0 Å². The van der Waals surface area contributed by atoms with Crippen LogP contribution in [0.3, 0.4) is 0 Å². The molecule has 174 valence electrons. The lowest BCUT2D eigenvalue weighted by Crippen LogP contribution is -2.19. The van der Waals surface area contributed by atoms with Crippen molar-refractivity contribution in [2.75, 3.05) is 26.4 Å². The van der Waals surface area contributed by atoms with Crippen LogP contribution in [-0.4, -0.2) is 37.6 Å². The largest absolute Gasteiger partial charge is 0.482 e. The highest BCUT2D eigenvalue weighted by Crippen LogP contribution is 2.34. The SMILES string of the molecule is CCN=C1C(=C(N)OC)CC(C=NC)=C(N)c2ccc(F)cc2[C@@H](C)Oc2cc1cnc2N. The lowest BCUT2D eigenvalue weighted by atomic mass is 9.92. The molecule has 1 aliphatic heterocycles. The van der Waals surface area contributed by atoms with Crippen molar-refractivity contribution >= 4 is 23.4 Å². The number of fused-ring (bicyclic) bond motifs is 3. The highest BCUT2D eigenvalue weighted by molar-refractivity contribution is 6.14. The predicted molar refractivity (Wildman–Crippen MR) is 130 cm³/mol. The number of aliphatic imine (C=N–C) groups is 2. The molecule has 0 aliphatic carbocycles. The molecular formula is C24H29FN6O2. The van der Waals surface area contributed by atoms with Crippen molar-refractivity contribution in [1.29, 1.82) is 0 Å². The number of rotatable bonds is 3. The minimum atomic E-state index is -0.571. The molecule has 0 amide bonds. The van der Waals surface area contributed by atoms with Gasteiger partial charge in [-0.2, -0.15) is 0 Å². The third-order valence-electron chi connectivity index (χ3n) is 5.32. The van der Waals surface area contributed by atoms with Crippen LogP contribution in [0.2, 0.25) is 0 Å². The molecule has 6 N–H and O–H groups in total. The summed E-state index contributed by atoms with van der Waals surface area (Å²) in [5, 5.41) is 0. The van der Waals surface area contributed by atoms with Gasteiger partial charge in [0.05, 0.1) is 12.8 Å². The zero-order valence-corrected chi connectivity index (χ0v) is 19.2. The van der Waals surface area contributed by atoms with Gasteiger partial charge >= 0.3 is 0 Å². The predicted octanol–water partition coefficient (Wildman–Crippen LogP) is 3.34. The van der Waals surface area contributed by atoms with Crippen molar-refractivity contribution in [3.05, 3.63) is 70.0 Å². The van der Waals surface area contributed by atoms with Crippen LogP contribution in [0, 0.1) is 5.82 Å². The molecule has 1 aromatic heterocycles. The normalized spacial score (nSPS) is 19.5. The maximum atomic E-state index is 14.2. The van der Waals surface area contributed by atoms with Gasteiger partial charge in [0, 0.05) is 60.4 Å². The second-order valence-electron chi connectivity index (χ2n) is 7.47. The number of anilines is 1. The fourth-order valence-electron chi connectivity index (χ4n) is 3.71. The summed E-state index contributed by atoms with van der Waals surface area (Å²) in [6.07, 6.45) is 2.95. The molecule has 0 unspecified atom stereocenters. The maximum Gasteiger partial charge on any atom is 0.189 e. The highest BCUT2D eigenvalue weighted by Gasteiger charge is 2.24. The number of allylic oxidation sites excluding steroid dienone is 2. The minimum Gasteiger partial charge on any atom is -0.482 e. The van der Waals surface area contributed by atoms with E-state index in [1.165, 1.54) is 19.2 Å². The zero-order valence-electron chi connectivity index (χ0n) is 19.2. The third kappa shape index (κ3) is 4.97. The van der Waals surface area contributed by atoms with Gasteiger partial charge in [0.1, 0.15) is 11.9 Å². The van der Waals surface area contributed by atoms with Crippen LogP contribution in [0.4, 0.5) is 10.2 Å². The van der Waals surface area contributed by atoms with Crippen LogP contribution in [0.15, 0.2) is 57.5 Å². The van der Waals surface area contributed by atoms with E-state index in [2.05, 4.69) is 15.0 Å². The number of benzene rings is 1. The highest BCUT2D eigenvalue weighted by atomic mass is 19.1. The van der Waals surface area contributed by atoms with Gasteiger partial charge in [-0.1, -0.05) is 0 Å². The van der Waals surface area contributed by atoms with Gasteiger partial charge in [-0.3, -0.25) is 9.98 Å². The second kappa shape index (κ2) is 10.2. The Bertz CT molecular complexity index is 1170. The van der Waals surface area contributed by atoms with E-state index in [4.69, 9.17) is 26.7 Å². The van der Waals surface area contributed by atoms with Crippen molar-refractivity contribution in [1.82, 2.24) is 4.98 Å². The first-order valence-electron chi connectivity index (χ1n) is 10.5. The molecule has 2 heterocycles. The van der Waals surface area contributed by atoms with Gasteiger partial charge < -0.3 is 26.7 Å². The average molecular weight is 453 g/mol.